The van der Waals surface area contributed by atoms with E-state index < -0.39 is 11.9 Å². The second-order valence-electron chi connectivity index (χ2n) is 8.50. The van der Waals surface area contributed by atoms with Gasteiger partial charge in [0.2, 0.25) is 0 Å². The molecule has 4 aromatic rings. The van der Waals surface area contributed by atoms with Gasteiger partial charge in [-0.15, -0.1) is 0 Å². The van der Waals surface area contributed by atoms with Crippen LogP contribution in [0.25, 0.3) is 22.3 Å². The van der Waals surface area contributed by atoms with Crippen molar-refractivity contribution in [3.05, 3.63) is 77.3 Å². The van der Waals surface area contributed by atoms with Crippen molar-refractivity contribution in [1.82, 2.24) is 24.9 Å². The highest BCUT2D eigenvalue weighted by molar-refractivity contribution is 5.90. The number of pyridine rings is 3. The summed E-state index contributed by atoms with van der Waals surface area (Å²) in [6.45, 7) is 4.36. The van der Waals surface area contributed by atoms with Gasteiger partial charge in [-0.2, -0.15) is 13.2 Å². The SMILES string of the molecule is Cc1cc(C2CC(c3nc(-c4ccc(C(F)(F)F)nc4)c4ccc(C)nc4n3)CCO2)ccn1. The minimum atomic E-state index is -4.50. The van der Waals surface area contributed by atoms with Gasteiger partial charge in [-0.25, -0.2) is 15.0 Å². The molecule has 0 spiro atoms. The van der Waals surface area contributed by atoms with Crippen LogP contribution in [0.3, 0.4) is 0 Å². The molecule has 1 aliphatic rings. The normalized spacial score (nSPS) is 18.9. The van der Waals surface area contributed by atoms with E-state index in [2.05, 4.69) is 15.0 Å². The molecule has 0 amide bonds. The van der Waals surface area contributed by atoms with Crippen LogP contribution in [0, 0.1) is 13.8 Å². The molecule has 5 heterocycles. The predicted molar refractivity (Wildman–Crippen MR) is 120 cm³/mol. The molecule has 2 atom stereocenters. The van der Waals surface area contributed by atoms with E-state index in [1.54, 1.807) is 6.20 Å². The minimum absolute atomic E-state index is 0.0140. The van der Waals surface area contributed by atoms with Crippen LogP contribution in [0.15, 0.2) is 48.8 Å². The summed E-state index contributed by atoms with van der Waals surface area (Å²) in [6.07, 6.45) is -0.207. The quantitative estimate of drug-likeness (QED) is 0.383. The summed E-state index contributed by atoms with van der Waals surface area (Å²) in [5, 5.41) is 0.671. The van der Waals surface area contributed by atoms with Crippen molar-refractivity contribution in [2.24, 2.45) is 0 Å². The highest BCUT2D eigenvalue weighted by atomic mass is 19.4. The lowest BCUT2D eigenvalue weighted by Gasteiger charge is -2.29. The van der Waals surface area contributed by atoms with Gasteiger partial charge in [0.1, 0.15) is 11.5 Å². The zero-order chi connectivity index (χ0) is 23.9. The smallest absolute Gasteiger partial charge is 0.373 e. The van der Waals surface area contributed by atoms with Crippen molar-refractivity contribution in [1.29, 1.82) is 0 Å². The molecule has 34 heavy (non-hydrogen) atoms. The molecule has 5 rings (SSSR count). The van der Waals surface area contributed by atoms with Crippen LogP contribution in [-0.2, 0) is 10.9 Å². The van der Waals surface area contributed by atoms with Crippen molar-refractivity contribution in [2.45, 2.75) is 44.9 Å². The minimum Gasteiger partial charge on any atom is -0.373 e. The molecule has 0 aromatic carbocycles. The molecule has 0 bridgehead atoms. The van der Waals surface area contributed by atoms with Gasteiger partial charge in [-0.05, 0) is 68.7 Å². The second-order valence-corrected chi connectivity index (χ2v) is 8.50. The fourth-order valence-electron chi connectivity index (χ4n) is 4.26. The third-order valence-electron chi connectivity index (χ3n) is 5.99. The Labute approximate surface area is 194 Å². The standard InChI is InChI=1S/C25H22F3N5O/c1-14-3-5-19-22(18-4-6-21(30-13-18)25(26,27)28)32-23(33-24(19)31-14)17-8-10-34-20(12-17)16-7-9-29-15(2)11-16/h3-7,9,11,13,17,20H,8,10,12H2,1-2H3. The Bertz CT molecular complexity index is 1340. The molecule has 6 nitrogen and oxygen atoms in total. The van der Waals surface area contributed by atoms with E-state index in [0.29, 0.717) is 41.1 Å². The summed E-state index contributed by atoms with van der Waals surface area (Å²) in [5.74, 6) is 0.625. The number of hydrogen-bond acceptors (Lipinski definition) is 6. The van der Waals surface area contributed by atoms with Crippen LogP contribution < -0.4 is 0 Å². The molecule has 0 aliphatic carbocycles. The number of halogens is 3. The average Bonchev–Trinajstić information content (AvgIpc) is 2.83. The van der Waals surface area contributed by atoms with E-state index in [4.69, 9.17) is 14.7 Å². The Kier molecular flexibility index (Phi) is 5.73. The second kappa shape index (κ2) is 8.72. The molecule has 4 aromatic heterocycles. The van der Waals surface area contributed by atoms with Gasteiger partial charge >= 0.3 is 6.18 Å². The zero-order valence-corrected chi connectivity index (χ0v) is 18.7. The van der Waals surface area contributed by atoms with E-state index >= 15 is 0 Å². The van der Waals surface area contributed by atoms with Gasteiger partial charge in [0, 0.05) is 47.3 Å². The monoisotopic (exact) mass is 465 g/mol. The molecule has 1 aliphatic heterocycles. The van der Waals surface area contributed by atoms with Gasteiger partial charge in [0.25, 0.3) is 0 Å². The van der Waals surface area contributed by atoms with Gasteiger partial charge in [-0.1, -0.05) is 0 Å². The summed E-state index contributed by atoms with van der Waals surface area (Å²) < 4.78 is 45.1. The Morgan fingerprint density at radius 1 is 0.941 bits per heavy atom. The predicted octanol–water partition coefficient (Wildman–Crippen LogP) is 5.75. The molecule has 2 unspecified atom stereocenters. The lowest BCUT2D eigenvalue weighted by molar-refractivity contribution is -0.141. The summed E-state index contributed by atoms with van der Waals surface area (Å²) in [4.78, 5) is 22.0. The first-order valence-electron chi connectivity index (χ1n) is 11.0. The topological polar surface area (TPSA) is 73.7 Å². The van der Waals surface area contributed by atoms with E-state index in [-0.39, 0.29) is 12.0 Å². The molecule has 9 heteroatoms. The van der Waals surface area contributed by atoms with Gasteiger partial charge in [0.15, 0.2) is 5.65 Å². The van der Waals surface area contributed by atoms with Crippen LogP contribution in [0.1, 0.15) is 53.3 Å². The molecule has 174 valence electrons. The first-order valence-corrected chi connectivity index (χ1v) is 11.0. The van der Waals surface area contributed by atoms with Crippen molar-refractivity contribution < 1.29 is 17.9 Å². The highest BCUT2D eigenvalue weighted by Gasteiger charge is 2.32. The average molecular weight is 465 g/mol. The molecular weight excluding hydrogens is 443 g/mol. The van der Waals surface area contributed by atoms with Crippen LogP contribution >= 0.6 is 0 Å². The molecule has 1 saturated heterocycles. The number of rotatable bonds is 3. The van der Waals surface area contributed by atoms with Crippen LogP contribution in [0.4, 0.5) is 13.2 Å². The Morgan fingerprint density at radius 3 is 2.53 bits per heavy atom. The largest absolute Gasteiger partial charge is 0.433 e. The lowest BCUT2D eigenvalue weighted by atomic mass is 9.91. The maximum absolute atomic E-state index is 13.0. The zero-order valence-electron chi connectivity index (χ0n) is 18.7. The van der Waals surface area contributed by atoms with Crippen molar-refractivity contribution in [2.75, 3.05) is 6.61 Å². The number of aryl methyl sites for hydroxylation is 2. The molecule has 0 saturated carbocycles. The third kappa shape index (κ3) is 4.48. The number of hydrogen-bond donors (Lipinski definition) is 0. The van der Waals surface area contributed by atoms with Crippen LogP contribution in [-0.4, -0.2) is 31.5 Å². The van der Waals surface area contributed by atoms with Crippen LogP contribution in [0.2, 0.25) is 0 Å². The highest BCUT2D eigenvalue weighted by Crippen LogP contribution is 2.38. The number of ether oxygens (including phenoxy) is 1. The Hall–Kier alpha value is -3.46. The molecular formula is C25H22F3N5O. The van der Waals surface area contributed by atoms with Crippen molar-refractivity contribution in [3.8, 4) is 11.3 Å². The third-order valence-corrected chi connectivity index (χ3v) is 5.99. The number of alkyl halides is 3. The first kappa shape index (κ1) is 22.3. The number of aromatic nitrogens is 5. The van der Waals surface area contributed by atoms with E-state index in [0.717, 1.165) is 29.4 Å². The van der Waals surface area contributed by atoms with E-state index in [1.807, 2.05) is 38.1 Å². The van der Waals surface area contributed by atoms with Gasteiger partial charge in [0.05, 0.1) is 11.8 Å². The van der Waals surface area contributed by atoms with Crippen molar-refractivity contribution >= 4 is 11.0 Å². The summed E-state index contributed by atoms with van der Waals surface area (Å²) in [5.41, 5.74) is 3.36. The number of nitrogens with zero attached hydrogens (tertiary/aromatic N) is 5. The van der Waals surface area contributed by atoms with Gasteiger partial charge < -0.3 is 4.74 Å². The Morgan fingerprint density at radius 2 is 1.79 bits per heavy atom. The first-order chi connectivity index (χ1) is 16.3. The summed E-state index contributed by atoms with van der Waals surface area (Å²) in [7, 11) is 0. The molecule has 1 fully saturated rings. The van der Waals surface area contributed by atoms with Gasteiger partial charge in [-0.3, -0.25) is 9.97 Å². The molecule has 0 N–H and O–H groups in total. The van der Waals surface area contributed by atoms with Crippen molar-refractivity contribution in [3.63, 3.8) is 0 Å². The molecule has 0 radical (unpaired) electrons. The lowest BCUT2D eigenvalue weighted by Crippen LogP contribution is -2.21. The maximum Gasteiger partial charge on any atom is 0.433 e. The van der Waals surface area contributed by atoms with E-state index in [9.17, 15) is 13.2 Å². The fraction of sp³-hybridized carbons (Fsp3) is 0.320. The summed E-state index contributed by atoms with van der Waals surface area (Å²) in [6, 6.07) is 10.0. The van der Waals surface area contributed by atoms with E-state index in [1.165, 1.54) is 12.3 Å². The fourth-order valence-corrected chi connectivity index (χ4v) is 4.26. The number of fused-ring (bicyclic) bond motifs is 1. The Balaban J connectivity index is 1.55. The maximum atomic E-state index is 13.0. The van der Waals surface area contributed by atoms with Crippen LogP contribution in [0.5, 0.6) is 0 Å². The summed E-state index contributed by atoms with van der Waals surface area (Å²) >= 11 is 0.